The normalized spacial score (nSPS) is 20.2. The van der Waals surface area contributed by atoms with Gasteiger partial charge in [0.2, 0.25) is 5.91 Å². The number of carbonyl (C=O) groups is 2. The van der Waals surface area contributed by atoms with E-state index in [0.717, 1.165) is 0 Å². The van der Waals surface area contributed by atoms with Gasteiger partial charge in [-0.2, -0.15) is 0 Å². The van der Waals surface area contributed by atoms with Gasteiger partial charge in [0.15, 0.2) is 5.69 Å². The Balaban J connectivity index is 1.96. The Kier molecular flexibility index (Phi) is 2.59. The highest BCUT2D eigenvalue weighted by Gasteiger charge is 2.28. The predicted molar refractivity (Wildman–Crippen MR) is 54.5 cm³/mol. The summed E-state index contributed by atoms with van der Waals surface area (Å²) < 4.78 is 1.46. The fourth-order valence-electron chi connectivity index (χ4n) is 1.67. The summed E-state index contributed by atoms with van der Waals surface area (Å²) in [7, 11) is 3.41. The van der Waals surface area contributed by atoms with Crippen molar-refractivity contribution in [1.82, 2.24) is 25.2 Å². The van der Waals surface area contributed by atoms with E-state index in [9.17, 15) is 9.59 Å². The molecular weight excluding hydrogens is 210 g/mol. The molecule has 1 aliphatic heterocycles. The Bertz CT molecular complexity index is 427. The van der Waals surface area contributed by atoms with Crippen LogP contribution in [0.5, 0.6) is 0 Å². The van der Waals surface area contributed by atoms with Crippen molar-refractivity contribution in [1.29, 1.82) is 0 Å². The van der Waals surface area contributed by atoms with Crippen molar-refractivity contribution in [2.24, 2.45) is 7.05 Å². The third kappa shape index (κ3) is 2.02. The first-order chi connectivity index (χ1) is 7.56. The summed E-state index contributed by atoms with van der Waals surface area (Å²) in [5.41, 5.74) is 0.268. The molecule has 1 aromatic heterocycles. The van der Waals surface area contributed by atoms with E-state index < -0.39 is 0 Å². The van der Waals surface area contributed by atoms with Crippen molar-refractivity contribution in [2.75, 3.05) is 13.6 Å². The highest BCUT2D eigenvalue weighted by molar-refractivity contribution is 5.92. The molecule has 0 bridgehead atoms. The Morgan fingerprint density at radius 3 is 2.81 bits per heavy atom. The fourth-order valence-corrected chi connectivity index (χ4v) is 1.67. The van der Waals surface area contributed by atoms with Crippen molar-refractivity contribution in [3.05, 3.63) is 11.9 Å². The molecule has 16 heavy (non-hydrogen) atoms. The second kappa shape index (κ2) is 3.92. The van der Waals surface area contributed by atoms with Gasteiger partial charge in [-0.25, -0.2) is 0 Å². The molecule has 1 aromatic rings. The number of aromatic nitrogens is 3. The summed E-state index contributed by atoms with van der Waals surface area (Å²) in [6, 6.07) is -0.132. The lowest BCUT2D eigenvalue weighted by molar-refractivity contribution is -0.126. The number of carbonyl (C=O) groups excluding carboxylic acids is 2. The van der Waals surface area contributed by atoms with Gasteiger partial charge in [-0.1, -0.05) is 5.21 Å². The highest BCUT2D eigenvalue weighted by Crippen LogP contribution is 2.08. The minimum Gasteiger partial charge on any atom is -0.346 e. The highest BCUT2D eigenvalue weighted by atomic mass is 16.2. The lowest BCUT2D eigenvalue weighted by atomic mass is 10.2. The molecule has 0 saturated carbocycles. The maximum absolute atomic E-state index is 11.7. The summed E-state index contributed by atoms with van der Waals surface area (Å²) >= 11 is 0. The average molecular weight is 223 g/mol. The molecule has 0 spiro atoms. The molecule has 2 amide bonds. The van der Waals surface area contributed by atoms with Crippen LogP contribution in [0.3, 0.4) is 0 Å². The van der Waals surface area contributed by atoms with Crippen LogP contribution in [-0.4, -0.2) is 51.3 Å². The number of nitrogens with one attached hydrogen (secondary N) is 1. The summed E-state index contributed by atoms with van der Waals surface area (Å²) in [5.74, 6) is -0.245. The molecule has 1 saturated heterocycles. The van der Waals surface area contributed by atoms with Crippen molar-refractivity contribution >= 4 is 11.8 Å². The van der Waals surface area contributed by atoms with Crippen LogP contribution < -0.4 is 5.32 Å². The molecule has 86 valence electrons. The number of hydrogen-bond acceptors (Lipinski definition) is 4. The molecule has 2 rings (SSSR count). The molecule has 1 aliphatic rings. The van der Waals surface area contributed by atoms with E-state index in [1.165, 1.54) is 10.9 Å². The first kappa shape index (κ1) is 10.6. The monoisotopic (exact) mass is 223 g/mol. The van der Waals surface area contributed by atoms with Crippen LogP contribution in [-0.2, 0) is 11.8 Å². The van der Waals surface area contributed by atoms with Gasteiger partial charge in [0.1, 0.15) is 0 Å². The minimum absolute atomic E-state index is 0.0458. The molecule has 2 heterocycles. The van der Waals surface area contributed by atoms with E-state index in [2.05, 4.69) is 15.6 Å². The predicted octanol–water partition coefficient (Wildman–Crippen LogP) is -1.22. The third-order valence-electron chi connectivity index (χ3n) is 2.51. The Labute approximate surface area is 92.4 Å². The fraction of sp³-hybridized carbons (Fsp3) is 0.556. The number of likely N-dealkylation sites (N-methyl/N-ethyl adjacent to an activating group) is 1. The van der Waals surface area contributed by atoms with Gasteiger partial charge in [0.25, 0.3) is 5.91 Å². The topological polar surface area (TPSA) is 80.1 Å². The van der Waals surface area contributed by atoms with Gasteiger partial charge in [0, 0.05) is 27.1 Å². The van der Waals surface area contributed by atoms with Gasteiger partial charge in [-0.05, 0) is 0 Å². The molecule has 1 N–H and O–H groups in total. The molecule has 0 radical (unpaired) electrons. The minimum atomic E-state index is -0.291. The molecule has 7 heteroatoms. The number of likely N-dealkylation sites (tertiary alicyclic amines) is 1. The standard InChI is InChI=1S/C9H13N5O2/c1-13-4-6(3-8(13)15)10-9(16)7-5-14(2)12-11-7/h5-6H,3-4H2,1-2H3,(H,10,16). The van der Waals surface area contributed by atoms with Gasteiger partial charge in [0.05, 0.1) is 12.2 Å². The Hall–Kier alpha value is -1.92. The van der Waals surface area contributed by atoms with Crippen LogP contribution in [0.1, 0.15) is 16.9 Å². The van der Waals surface area contributed by atoms with Gasteiger partial charge in [-0.3, -0.25) is 14.3 Å². The van der Waals surface area contributed by atoms with Crippen LogP contribution in [0, 0.1) is 0 Å². The van der Waals surface area contributed by atoms with Gasteiger partial charge >= 0.3 is 0 Å². The first-order valence-corrected chi connectivity index (χ1v) is 4.97. The molecule has 7 nitrogen and oxygen atoms in total. The summed E-state index contributed by atoms with van der Waals surface area (Å²) in [5, 5.41) is 10.1. The molecule has 1 unspecified atom stereocenters. The van der Waals surface area contributed by atoms with E-state index >= 15 is 0 Å². The first-order valence-electron chi connectivity index (χ1n) is 4.97. The lowest BCUT2D eigenvalue weighted by Crippen LogP contribution is -2.36. The quantitative estimate of drug-likeness (QED) is 0.681. The second-order valence-corrected chi connectivity index (χ2v) is 3.93. The van der Waals surface area contributed by atoms with Crippen molar-refractivity contribution in [3.8, 4) is 0 Å². The maximum Gasteiger partial charge on any atom is 0.273 e. The maximum atomic E-state index is 11.7. The van der Waals surface area contributed by atoms with E-state index in [1.54, 1.807) is 19.0 Å². The van der Waals surface area contributed by atoms with Crippen LogP contribution in [0.25, 0.3) is 0 Å². The number of hydrogen-bond donors (Lipinski definition) is 1. The molecule has 1 atom stereocenters. The molecule has 0 aromatic carbocycles. The smallest absolute Gasteiger partial charge is 0.273 e. The SMILES string of the molecule is CN1CC(NC(=O)c2cn(C)nn2)CC1=O. The summed E-state index contributed by atoms with van der Waals surface area (Å²) in [4.78, 5) is 24.5. The molecule has 1 fully saturated rings. The number of rotatable bonds is 2. The zero-order valence-corrected chi connectivity index (χ0v) is 9.17. The van der Waals surface area contributed by atoms with Crippen LogP contribution >= 0.6 is 0 Å². The average Bonchev–Trinajstić information content (AvgIpc) is 2.75. The van der Waals surface area contributed by atoms with Crippen LogP contribution in [0.4, 0.5) is 0 Å². The van der Waals surface area contributed by atoms with E-state index in [-0.39, 0.29) is 23.6 Å². The van der Waals surface area contributed by atoms with Crippen LogP contribution in [0.2, 0.25) is 0 Å². The number of nitrogens with zero attached hydrogens (tertiary/aromatic N) is 4. The summed E-state index contributed by atoms with van der Waals surface area (Å²) in [6.07, 6.45) is 1.89. The third-order valence-corrected chi connectivity index (χ3v) is 2.51. The van der Waals surface area contributed by atoms with Crippen molar-refractivity contribution in [3.63, 3.8) is 0 Å². The van der Waals surface area contributed by atoms with Gasteiger partial charge in [-0.15, -0.1) is 5.10 Å². The van der Waals surface area contributed by atoms with E-state index in [0.29, 0.717) is 13.0 Å². The van der Waals surface area contributed by atoms with Gasteiger partial charge < -0.3 is 10.2 Å². The van der Waals surface area contributed by atoms with Crippen molar-refractivity contribution in [2.45, 2.75) is 12.5 Å². The Morgan fingerprint density at radius 2 is 2.31 bits per heavy atom. The van der Waals surface area contributed by atoms with E-state index in [4.69, 9.17) is 0 Å². The molecular formula is C9H13N5O2. The lowest BCUT2D eigenvalue weighted by Gasteiger charge is -2.10. The summed E-state index contributed by atoms with van der Waals surface area (Å²) in [6.45, 7) is 0.546. The zero-order valence-electron chi connectivity index (χ0n) is 9.17. The van der Waals surface area contributed by atoms with Crippen LogP contribution in [0.15, 0.2) is 6.20 Å². The molecule has 0 aliphatic carbocycles. The van der Waals surface area contributed by atoms with E-state index in [1.807, 2.05) is 0 Å². The number of aryl methyl sites for hydroxylation is 1. The second-order valence-electron chi connectivity index (χ2n) is 3.93. The largest absolute Gasteiger partial charge is 0.346 e. The number of amides is 2. The van der Waals surface area contributed by atoms with Crippen molar-refractivity contribution < 1.29 is 9.59 Å². The Morgan fingerprint density at radius 1 is 1.56 bits per heavy atom. The zero-order chi connectivity index (χ0) is 11.7.